The van der Waals surface area contributed by atoms with E-state index in [2.05, 4.69) is 14.6 Å². The zero-order valence-electron chi connectivity index (χ0n) is 21.6. The Morgan fingerprint density at radius 3 is 2.64 bits per heavy atom. The Labute approximate surface area is 223 Å². The van der Waals surface area contributed by atoms with Gasteiger partial charge in [-0.05, 0) is 48.3 Å². The number of ether oxygens (including phenoxy) is 2. The number of rotatable bonds is 8. The predicted molar refractivity (Wildman–Crippen MR) is 131 cm³/mol. The van der Waals surface area contributed by atoms with Gasteiger partial charge in [0.1, 0.15) is 5.75 Å². The zero-order valence-corrected chi connectivity index (χ0v) is 21.6. The van der Waals surface area contributed by atoms with E-state index in [1.54, 1.807) is 28.8 Å². The molecule has 5 rings (SSSR count). The van der Waals surface area contributed by atoms with Crippen molar-refractivity contribution in [2.45, 2.75) is 31.9 Å². The summed E-state index contributed by atoms with van der Waals surface area (Å²) in [5.41, 5.74) is 0.469. The summed E-state index contributed by atoms with van der Waals surface area (Å²) >= 11 is 0. The molecular formula is C26H32F3N5O5. The van der Waals surface area contributed by atoms with Gasteiger partial charge in [-0.25, -0.2) is 9.78 Å². The fraction of sp³-hybridized carbons (Fsp3) is 0.577. The lowest BCUT2D eigenvalue weighted by Gasteiger charge is -2.32. The monoisotopic (exact) mass is 551 g/mol. The second-order valence-electron chi connectivity index (χ2n) is 10.6. The van der Waals surface area contributed by atoms with Crippen LogP contribution in [0.3, 0.4) is 0 Å². The summed E-state index contributed by atoms with van der Waals surface area (Å²) in [4.78, 5) is 35.1. The normalized spacial score (nSPS) is 24.8. The smallest absolute Gasteiger partial charge is 0.406 e. The van der Waals surface area contributed by atoms with E-state index in [-0.39, 0.29) is 30.0 Å². The molecule has 3 unspecified atom stereocenters. The molecule has 0 radical (unpaired) electrons. The Balaban J connectivity index is 1.20. The van der Waals surface area contributed by atoms with Crippen LogP contribution in [0.1, 0.15) is 18.4 Å². The minimum atomic E-state index is -4.82. The van der Waals surface area contributed by atoms with Crippen LogP contribution >= 0.6 is 0 Å². The van der Waals surface area contributed by atoms with Gasteiger partial charge in [0.25, 0.3) is 0 Å². The van der Waals surface area contributed by atoms with Crippen molar-refractivity contribution in [3.8, 4) is 11.6 Å². The van der Waals surface area contributed by atoms with Crippen LogP contribution in [0.2, 0.25) is 0 Å². The van der Waals surface area contributed by atoms with Crippen LogP contribution in [0.5, 0.6) is 11.6 Å². The first kappa shape index (κ1) is 27.3. The van der Waals surface area contributed by atoms with E-state index in [9.17, 15) is 27.9 Å². The van der Waals surface area contributed by atoms with Gasteiger partial charge in [-0.2, -0.15) is 0 Å². The third kappa shape index (κ3) is 7.01. The number of aliphatic hydroxyl groups excluding tert-OH is 1. The standard InChI is InChI=1S/C26H32F3N5O5/c1-31-14-23(30-16-31)38-25(37)34(9-17-4-2-6-19(8-17)39-26(27,28)29)13-22-20-11-32(12-21(20)22)15-24(36)33-7-3-5-18(35)10-33/h2,4,6,8,14,16,18,20-22,35H,3,5,7,9-13,15H2,1H3. The molecule has 1 N–H and O–H groups in total. The minimum Gasteiger partial charge on any atom is -0.406 e. The van der Waals surface area contributed by atoms with E-state index in [0.717, 1.165) is 25.9 Å². The first-order valence-electron chi connectivity index (χ1n) is 13.0. The van der Waals surface area contributed by atoms with Gasteiger partial charge in [-0.3, -0.25) is 9.69 Å². The van der Waals surface area contributed by atoms with E-state index in [1.165, 1.54) is 29.4 Å². The van der Waals surface area contributed by atoms with Gasteiger partial charge < -0.3 is 28.9 Å². The van der Waals surface area contributed by atoms with Crippen LogP contribution in [-0.2, 0) is 18.4 Å². The number of likely N-dealkylation sites (tertiary alicyclic amines) is 2. The Hall–Kier alpha value is -3.32. The molecule has 1 aromatic carbocycles. The van der Waals surface area contributed by atoms with Crippen molar-refractivity contribution in [1.82, 2.24) is 24.3 Å². The summed E-state index contributed by atoms with van der Waals surface area (Å²) in [6.07, 6.45) is -1.35. The van der Waals surface area contributed by atoms with Gasteiger partial charge in [0, 0.05) is 46.3 Å². The first-order valence-corrected chi connectivity index (χ1v) is 13.0. The molecule has 1 aromatic heterocycles. The van der Waals surface area contributed by atoms with Crippen molar-refractivity contribution in [1.29, 1.82) is 0 Å². The van der Waals surface area contributed by atoms with Gasteiger partial charge in [0.05, 0.1) is 25.2 Å². The third-order valence-corrected chi connectivity index (χ3v) is 7.62. The molecule has 1 saturated carbocycles. The number of hydrogen-bond acceptors (Lipinski definition) is 7. The SMILES string of the molecule is Cn1cnc(OC(=O)N(Cc2cccc(OC(F)(F)F)c2)CC2C3CN(CC(=O)N4CCCC(O)C4)CC32)c1. The topological polar surface area (TPSA) is 100 Å². The first-order chi connectivity index (χ1) is 18.5. The maximum atomic E-state index is 13.1. The number of benzene rings is 1. The lowest BCUT2D eigenvalue weighted by molar-refractivity contribution is -0.274. The molecule has 3 heterocycles. The highest BCUT2D eigenvalue weighted by Crippen LogP contribution is 2.52. The van der Waals surface area contributed by atoms with Crippen LogP contribution in [0, 0.1) is 17.8 Å². The van der Waals surface area contributed by atoms with Gasteiger partial charge in [-0.15, -0.1) is 13.2 Å². The molecule has 212 valence electrons. The lowest BCUT2D eigenvalue weighted by Crippen LogP contribution is -2.46. The summed E-state index contributed by atoms with van der Waals surface area (Å²) in [5, 5.41) is 9.85. The predicted octanol–water partition coefficient (Wildman–Crippen LogP) is 2.48. The molecule has 2 aliphatic heterocycles. The molecule has 2 amide bonds. The Morgan fingerprint density at radius 2 is 1.97 bits per heavy atom. The number of piperidine rings is 2. The molecule has 13 heteroatoms. The quantitative estimate of drug-likeness (QED) is 0.538. The van der Waals surface area contributed by atoms with E-state index in [4.69, 9.17) is 4.74 Å². The van der Waals surface area contributed by atoms with Crippen LogP contribution in [0.25, 0.3) is 0 Å². The summed E-state index contributed by atoms with van der Waals surface area (Å²) in [7, 11) is 1.74. The molecule has 0 bridgehead atoms. The van der Waals surface area contributed by atoms with Crippen molar-refractivity contribution in [3.05, 3.63) is 42.4 Å². The number of β-amino-alcohol motifs (C(OH)–C–C–N with tert-alkyl or cyclic N) is 1. The molecule has 3 aliphatic rings. The van der Waals surface area contributed by atoms with E-state index in [1.807, 2.05) is 0 Å². The van der Waals surface area contributed by atoms with Crippen LogP contribution in [0.15, 0.2) is 36.8 Å². The summed E-state index contributed by atoms with van der Waals surface area (Å²) in [6, 6.07) is 5.54. The molecule has 2 aromatic rings. The van der Waals surface area contributed by atoms with Gasteiger partial charge in [0.15, 0.2) is 0 Å². The maximum Gasteiger partial charge on any atom is 0.573 e. The number of carbonyl (C=O) groups is 2. The summed E-state index contributed by atoms with van der Waals surface area (Å²) in [6.45, 7) is 3.23. The third-order valence-electron chi connectivity index (χ3n) is 7.62. The highest BCUT2D eigenvalue weighted by Gasteiger charge is 2.56. The molecule has 3 atom stereocenters. The van der Waals surface area contributed by atoms with Crippen LogP contribution in [-0.4, -0.2) is 93.1 Å². The number of halogens is 3. The fourth-order valence-electron chi connectivity index (χ4n) is 5.72. The second-order valence-corrected chi connectivity index (χ2v) is 10.6. The number of hydrogen-bond donors (Lipinski definition) is 1. The van der Waals surface area contributed by atoms with Crippen LogP contribution in [0.4, 0.5) is 18.0 Å². The number of amides is 2. The van der Waals surface area contributed by atoms with Crippen molar-refractivity contribution in [2.24, 2.45) is 24.8 Å². The number of aryl methyl sites for hydroxylation is 1. The number of nitrogens with zero attached hydrogens (tertiary/aromatic N) is 5. The number of alkyl halides is 3. The summed E-state index contributed by atoms with van der Waals surface area (Å²) in [5.74, 6) is 0.616. The number of aromatic nitrogens is 2. The second kappa shape index (κ2) is 11.0. The highest BCUT2D eigenvalue weighted by atomic mass is 19.4. The highest BCUT2D eigenvalue weighted by molar-refractivity contribution is 5.78. The Morgan fingerprint density at radius 1 is 1.21 bits per heavy atom. The number of fused-ring (bicyclic) bond motifs is 1. The number of aliphatic hydroxyl groups is 1. The van der Waals surface area contributed by atoms with Crippen molar-refractivity contribution >= 4 is 12.0 Å². The van der Waals surface area contributed by atoms with E-state index < -0.39 is 18.6 Å². The zero-order chi connectivity index (χ0) is 27.7. The molecule has 0 spiro atoms. The number of imidazole rings is 1. The minimum absolute atomic E-state index is 0.0214. The fourth-order valence-corrected chi connectivity index (χ4v) is 5.72. The molecular weight excluding hydrogens is 519 g/mol. The average molecular weight is 552 g/mol. The van der Waals surface area contributed by atoms with Crippen molar-refractivity contribution in [3.63, 3.8) is 0 Å². The van der Waals surface area contributed by atoms with Gasteiger partial charge in [0.2, 0.25) is 11.8 Å². The van der Waals surface area contributed by atoms with Gasteiger partial charge >= 0.3 is 12.5 Å². The number of carbonyl (C=O) groups excluding carboxylic acids is 2. The average Bonchev–Trinajstić information content (AvgIpc) is 3.16. The largest absolute Gasteiger partial charge is 0.573 e. The molecule has 2 saturated heterocycles. The van der Waals surface area contributed by atoms with E-state index in [0.29, 0.717) is 43.6 Å². The lowest BCUT2D eigenvalue weighted by atomic mass is 10.1. The molecule has 10 nitrogen and oxygen atoms in total. The van der Waals surface area contributed by atoms with Gasteiger partial charge in [-0.1, -0.05) is 12.1 Å². The molecule has 39 heavy (non-hydrogen) atoms. The maximum absolute atomic E-state index is 13.1. The van der Waals surface area contributed by atoms with Crippen molar-refractivity contribution < 1.29 is 37.3 Å². The van der Waals surface area contributed by atoms with Crippen LogP contribution < -0.4 is 9.47 Å². The molecule has 3 fully saturated rings. The molecule has 1 aliphatic carbocycles. The Kier molecular flexibility index (Phi) is 7.72. The Bertz CT molecular complexity index is 1180. The van der Waals surface area contributed by atoms with Crippen molar-refractivity contribution in [2.75, 3.05) is 39.3 Å². The summed E-state index contributed by atoms with van der Waals surface area (Å²) < 4.78 is 49.2. The van der Waals surface area contributed by atoms with E-state index >= 15 is 0 Å².